The summed E-state index contributed by atoms with van der Waals surface area (Å²) in [6.45, 7) is 0.206. The molecule has 3 rings (SSSR count). The molecule has 2 saturated heterocycles. The molecule has 8 nitrogen and oxygen atoms in total. The quantitative estimate of drug-likeness (QED) is 0.759. The fourth-order valence-electron chi connectivity index (χ4n) is 2.98. The molecule has 2 heterocycles. The molecule has 0 aromatic heterocycles. The maximum Gasteiger partial charge on any atom is 0.322 e. The molecule has 0 atom stereocenters. The number of hydrogen-bond acceptors (Lipinski definition) is 5. The SMILES string of the molecule is COc1ccc(Cl)cc1S(=O)(=O)N1CCC2(CC1)NC(=O)NC2=O. The second-order valence-corrected chi connectivity index (χ2v) is 8.03. The van der Waals surface area contributed by atoms with Crippen LogP contribution in [0.2, 0.25) is 5.02 Å². The van der Waals surface area contributed by atoms with E-state index in [9.17, 15) is 18.0 Å². The molecule has 0 aliphatic carbocycles. The molecule has 2 aliphatic rings. The number of piperidine rings is 1. The largest absolute Gasteiger partial charge is 0.495 e. The molecule has 2 aliphatic heterocycles. The van der Waals surface area contributed by atoms with Crippen molar-refractivity contribution in [3.63, 3.8) is 0 Å². The van der Waals surface area contributed by atoms with E-state index in [1.165, 1.54) is 23.5 Å². The molecular weight excluding hydrogens is 358 g/mol. The van der Waals surface area contributed by atoms with Gasteiger partial charge in [0.1, 0.15) is 16.2 Å². The number of ether oxygens (including phenoxy) is 1. The lowest BCUT2D eigenvalue weighted by molar-refractivity contribution is -0.125. The highest BCUT2D eigenvalue weighted by Gasteiger charge is 2.49. The first-order chi connectivity index (χ1) is 11.3. The maximum absolute atomic E-state index is 12.9. The molecule has 0 saturated carbocycles. The third kappa shape index (κ3) is 2.72. The Labute approximate surface area is 144 Å². The minimum Gasteiger partial charge on any atom is -0.495 e. The van der Waals surface area contributed by atoms with Crippen molar-refractivity contribution in [1.82, 2.24) is 14.9 Å². The Morgan fingerprint density at radius 3 is 2.46 bits per heavy atom. The zero-order valence-corrected chi connectivity index (χ0v) is 14.4. The molecule has 10 heteroatoms. The highest BCUT2D eigenvalue weighted by Crippen LogP contribution is 2.33. The Balaban J connectivity index is 1.85. The fourth-order valence-corrected chi connectivity index (χ4v) is 4.84. The van der Waals surface area contributed by atoms with Crippen molar-refractivity contribution in [2.45, 2.75) is 23.3 Å². The van der Waals surface area contributed by atoms with E-state index in [-0.39, 0.29) is 41.6 Å². The van der Waals surface area contributed by atoms with Crippen molar-refractivity contribution in [2.24, 2.45) is 0 Å². The molecule has 1 spiro atoms. The van der Waals surface area contributed by atoms with Gasteiger partial charge in [0.25, 0.3) is 5.91 Å². The number of urea groups is 1. The molecule has 130 valence electrons. The van der Waals surface area contributed by atoms with Crippen LogP contribution in [0.25, 0.3) is 0 Å². The van der Waals surface area contributed by atoms with Crippen molar-refractivity contribution in [3.8, 4) is 5.75 Å². The topological polar surface area (TPSA) is 105 Å². The summed E-state index contributed by atoms with van der Waals surface area (Å²) in [6, 6.07) is 3.83. The van der Waals surface area contributed by atoms with Gasteiger partial charge in [-0.1, -0.05) is 11.6 Å². The van der Waals surface area contributed by atoms with Crippen molar-refractivity contribution in [2.75, 3.05) is 20.2 Å². The molecule has 1 aromatic rings. The zero-order chi connectivity index (χ0) is 17.5. The lowest BCUT2D eigenvalue weighted by atomic mass is 9.89. The van der Waals surface area contributed by atoms with Crippen LogP contribution < -0.4 is 15.4 Å². The van der Waals surface area contributed by atoms with Crippen molar-refractivity contribution in [3.05, 3.63) is 23.2 Å². The average molecular weight is 374 g/mol. The monoisotopic (exact) mass is 373 g/mol. The van der Waals surface area contributed by atoms with Crippen LogP contribution in [0.5, 0.6) is 5.75 Å². The predicted molar refractivity (Wildman–Crippen MR) is 85.4 cm³/mol. The summed E-state index contributed by atoms with van der Waals surface area (Å²) in [6.07, 6.45) is 0.402. The number of sulfonamides is 1. The highest BCUT2D eigenvalue weighted by atomic mass is 35.5. The smallest absolute Gasteiger partial charge is 0.322 e. The summed E-state index contributed by atoms with van der Waals surface area (Å²) in [7, 11) is -2.44. The van der Waals surface area contributed by atoms with Gasteiger partial charge in [-0.3, -0.25) is 10.1 Å². The molecule has 0 bridgehead atoms. The maximum atomic E-state index is 12.9. The van der Waals surface area contributed by atoms with Crippen LogP contribution >= 0.6 is 11.6 Å². The molecule has 0 radical (unpaired) electrons. The van der Waals surface area contributed by atoms with Gasteiger partial charge in [-0.25, -0.2) is 13.2 Å². The van der Waals surface area contributed by atoms with E-state index in [4.69, 9.17) is 16.3 Å². The third-order valence-electron chi connectivity index (χ3n) is 4.33. The van der Waals surface area contributed by atoms with E-state index in [0.29, 0.717) is 0 Å². The number of nitrogens with one attached hydrogen (secondary N) is 2. The number of benzene rings is 1. The van der Waals surface area contributed by atoms with Gasteiger partial charge >= 0.3 is 6.03 Å². The zero-order valence-electron chi connectivity index (χ0n) is 12.8. The Kier molecular flexibility index (Phi) is 4.18. The van der Waals surface area contributed by atoms with E-state index in [0.717, 1.165) is 0 Å². The van der Waals surface area contributed by atoms with Crippen LogP contribution in [0.3, 0.4) is 0 Å². The molecule has 2 N–H and O–H groups in total. The number of hydrogen-bond donors (Lipinski definition) is 2. The predicted octanol–water partition coefficient (Wildman–Crippen LogP) is 0.711. The fraction of sp³-hybridized carbons (Fsp3) is 0.429. The Hall–Kier alpha value is -1.84. The van der Waals surface area contributed by atoms with Crippen LogP contribution in [0, 0.1) is 0 Å². The third-order valence-corrected chi connectivity index (χ3v) is 6.49. The highest BCUT2D eigenvalue weighted by molar-refractivity contribution is 7.89. The lowest BCUT2D eigenvalue weighted by Crippen LogP contribution is -2.55. The number of methoxy groups -OCH3 is 1. The lowest BCUT2D eigenvalue weighted by Gasteiger charge is -2.36. The molecule has 1 aromatic carbocycles. The van der Waals surface area contributed by atoms with Gasteiger partial charge in [0.05, 0.1) is 7.11 Å². The summed E-state index contributed by atoms with van der Waals surface area (Å²) in [4.78, 5) is 23.3. The van der Waals surface area contributed by atoms with Crippen LogP contribution in [0.4, 0.5) is 4.79 Å². The van der Waals surface area contributed by atoms with Crippen LogP contribution in [-0.4, -0.2) is 50.4 Å². The Morgan fingerprint density at radius 2 is 1.92 bits per heavy atom. The van der Waals surface area contributed by atoms with E-state index >= 15 is 0 Å². The van der Waals surface area contributed by atoms with Crippen LogP contribution in [0.15, 0.2) is 23.1 Å². The van der Waals surface area contributed by atoms with E-state index in [1.807, 2.05) is 0 Å². The first kappa shape index (κ1) is 17.0. The Bertz CT molecular complexity index is 803. The first-order valence-electron chi connectivity index (χ1n) is 7.26. The minimum atomic E-state index is -3.83. The Morgan fingerprint density at radius 1 is 1.25 bits per heavy atom. The minimum absolute atomic E-state index is 0.0200. The normalized spacial score (nSPS) is 20.8. The van der Waals surface area contributed by atoms with Crippen molar-refractivity contribution < 1.29 is 22.7 Å². The summed E-state index contributed by atoms with van der Waals surface area (Å²) >= 11 is 5.91. The van der Waals surface area contributed by atoms with Gasteiger partial charge in [0, 0.05) is 18.1 Å². The molecular formula is C14H16ClN3O5S. The van der Waals surface area contributed by atoms with Gasteiger partial charge in [0.2, 0.25) is 10.0 Å². The van der Waals surface area contributed by atoms with Crippen molar-refractivity contribution >= 4 is 33.6 Å². The standard InChI is InChI=1S/C14H16ClN3O5S/c1-23-10-3-2-9(15)8-11(10)24(21,22)18-6-4-14(5-7-18)12(19)16-13(20)17-14/h2-3,8H,4-7H2,1H3,(H2,16,17,19,20). The molecule has 3 amide bonds. The van der Waals surface area contributed by atoms with E-state index < -0.39 is 27.5 Å². The van der Waals surface area contributed by atoms with Gasteiger partial charge in [-0.15, -0.1) is 0 Å². The van der Waals surface area contributed by atoms with E-state index in [2.05, 4.69) is 10.6 Å². The number of amides is 3. The first-order valence-corrected chi connectivity index (χ1v) is 9.08. The molecule has 24 heavy (non-hydrogen) atoms. The van der Waals surface area contributed by atoms with Gasteiger partial charge < -0.3 is 10.1 Å². The van der Waals surface area contributed by atoms with Gasteiger partial charge in [-0.05, 0) is 31.0 Å². The summed E-state index contributed by atoms with van der Waals surface area (Å²) in [5, 5.41) is 5.07. The number of nitrogens with zero attached hydrogens (tertiary/aromatic N) is 1. The van der Waals surface area contributed by atoms with Crippen LogP contribution in [-0.2, 0) is 14.8 Å². The second-order valence-electron chi connectivity index (χ2n) is 5.69. The summed E-state index contributed by atoms with van der Waals surface area (Å²) < 4.78 is 32.1. The molecule has 2 fully saturated rings. The van der Waals surface area contributed by atoms with Crippen LogP contribution in [0.1, 0.15) is 12.8 Å². The number of rotatable bonds is 3. The average Bonchev–Trinajstić information content (AvgIpc) is 2.81. The number of carbonyl (C=O) groups excluding carboxylic acids is 2. The summed E-state index contributed by atoms with van der Waals surface area (Å²) in [5.74, 6) is -0.212. The van der Waals surface area contributed by atoms with Gasteiger partial charge in [0.15, 0.2) is 0 Å². The summed E-state index contributed by atoms with van der Waals surface area (Å²) in [5.41, 5.74) is -1.03. The van der Waals surface area contributed by atoms with Gasteiger partial charge in [-0.2, -0.15) is 4.31 Å². The number of imide groups is 1. The second kappa shape index (κ2) is 5.91. The number of halogens is 1. The molecule has 0 unspecified atom stereocenters. The van der Waals surface area contributed by atoms with Crippen molar-refractivity contribution in [1.29, 1.82) is 0 Å². The van der Waals surface area contributed by atoms with E-state index in [1.54, 1.807) is 6.07 Å². The number of carbonyl (C=O) groups is 2.